The smallest absolute Gasteiger partial charge is 0.0718 e. The summed E-state index contributed by atoms with van der Waals surface area (Å²) < 4.78 is 11.2. The number of rotatable bonds is 5. The summed E-state index contributed by atoms with van der Waals surface area (Å²) in [6.07, 6.45) is 4.53. The third-order valence-electron chi connectivity index (χ3n) is 4.12. The largest absolute Gasteiger partial charge is 0.381 e. The van der Waals surface area contributed by atoms with Crippen LogP contribution < -0.4 is 0 Å². The van der Waals surface area contributed by atoms with Crippen molar-refractivity contribution in [1.29, 1.82) is 0 Å². The SMILES string of the molecule is CCOCC1(CN2CC3CC2CO3)CC1. The molecule has 0 radical (unpaired) electrons. The van der Waals surface area contributed by atoms with Crippen molar-refractivity contribution in [2.45, 2.75) is 38.3 Å². The molecule has 3 nitrogen and oxygen atoms in total. The van der Waals surface area contributed by atoms with Crippen molar-refractivity contribution in [2.75, 3.05) is 32.9 Å². The number of ether oxygens (including phenoxy) is 2. The molecule has 0 N–H and O–H groups in total. The Morgan fingerprint density at radius 3 is 2.87 bits per heavy atom. The van der Waals surface area contributed by atoms with E-state index in [1.54, 1.807) is 0 Å². The van der Waals surface area contributed by atoms with Gasteiger partial charge in [0.2, 0.25) is 0 Å². The fraction of sp³-hybridized carbons (Fsp3) is 1.00. The van der Waals surface area contributed by atoms with E-state index in [1.165, 1.54) is 32.4 Å². The van der Waals surface area contributed by atoms with Crippen LogP contribution in [0.15, 0.2) is 0 Å². The van der Waals surface area contributed by atoms with Gasteiger partial charge in [-0.2, -0.15) is 0 Å². The first-order chi connectivity index (χ1) is 7.31. The van der Waals surface area contributed by atoms with E-state index in [0.29, 0.717) is 17.6 Å². The Labute approximate surface area is 91.7 Å². The van der Waals surface area contributed by atoms with Gasteiger partial charge in [0.15, 0.2) is 0 Å². The van der Waals surface area contributed by atoms with Crippen molar-refractivity contribution in [3.63, 3.8) is 0 Å². The van der Waals surface area contributed by atoms with Crippen LogP contribution in [0.4, 0.5) is 0 Å². The Hall–Kier alpha value is -0.120. The van der Waals surface area contributed by atoms with Crippen molar-refractivity contribution in [3.8, 4) is 0 Å². The van der Waals surface area contributed by atoms with Crippen LogP contribution in [0.25, 0.3) is 0 Å². The molecule has 0 aromatic carbocycles. The molecular weight excluding hydrogens is 190 g/mol. The quantitative estimate of drug-likeness (QED) is 0.683. The topological polar surface area (TPSA) is 21.7 Å². The van der Waals surface area contributed by atoms with E-state index in [9.17, 15) is 0 Å². The van der Waals surface area contributed by atoms with E-state index < -0.39 is 0 Å². The Morgan fingerprint density at radius 2 is 2.33 bits per heavy atom. The maximum absolute atomic E-state index is 5.63. The molecule has 1 saturated carbocycles. The second-order valence-corrected chi connectivity index (χ2v) is 5.41. The van der Waals surface area contributed by atoms with E-state index in [2.05, 4.69) is 11.8 Å². The zero-order chi connectivity index (χ0) is 10.3. The molecule has 0 amide bonds. The number of morpholine rings is 1. The minimum atomic E-state index is 0.514. The highest BCUT2D eigenvalue weighted by molar-refractivity contribution is 5.00. The van der Waals surface area contributed by atoms with E-state index >= 15 is 0 Å². The Bertz CT molecular complexity index is 240. The van der Waals surface area contributed by atoms with E-state index in [4.69, 9.17) is 9.47 Å². The van der Waals surface area contributed by atoms with Crippen molar-refractivity contribution in [3.05, 3.63) is 0 Å². The molecule has 3 heteroatoms. The summed E-state index contributed by atoms with van der Waals surface area (Å²) in [6, 6.07) is 0.717. The van der Waals surface area contributed by atoms with Gasteiger partial charge >= 0.3 is 0 Å². The van der Waals surface area contributed by atoms with Gasteiger partial charge in [0, 0.05) is 31.2 Å². The Balaban J connectivity index is 1.52. The van der Waals surface area contributed by atoms with Crippen molar-refractivity contribution in [2.24, 2.45) is 5.41 Å². The average Bonchev–Trinajstić information content (AvgIpc) is 2.71. The predicted molar refractivity (Wildman–Crippen MR) is 57.9 cm³/mol. The van der Waals surface area contributed by atoms with Crippen molar-refractivity contribution >= 4 is 0 Å². The van der Waals surface area contributed by atoms with Crippen LogP contribution in [0.1, 0.15) is 26.2 Å². The monoisotopic (exact) mass is 211 g/mol. The number of hydrogen-bond donors (Lipinski definition) is 0. The lowest BCUT2D eigenvalue weighted by molar-refractivity contribution is 0.00973. The molecular formula is C12H21NO2. The van der Waals surface area contributed by atoms with Gasteiger partial charge in [0.1, 0.15) is 0 Å². The third kappa shape index (κ3) is 1.93. The Morgan fingerprint density at radius 1 is 1.47 bits per heavy atom. The number of nitrogens with zero attached hydrogens (tertiary/aromatic N) is 1. The van der Waals surface area contributed by atoms with Crippen molar-refractivity contribution in [1.82, 2.24) is 4.90 Å². The lowest BCUT2D eigenvalue weighted by Gasteiger charge is -2.30. The van der Waals surface area contributed by atoms with Gasteiger partial charge in [-0.3, -0.25) is 4.90 Å². The van der Waals surface area contributed by atoms with Crippen LogP contribution in [-0.2, 0) is 9.47 Å². The lowest BCUT2D eigenvalue weighted by Crippen LogP contribution is -2.41. The van der Waals surface area contributed by atoms with Gasteiger partial charge in [0.05, 0.1) is 19.3 Å². The van der Waals surface area contributed by atoms with Gasteiger partial charge in [0.25, 0.3) is 0 Å². The van der Waals surface area contributed by atoms with Crippen LogP contribution >= 0.6 is 0 Å². The molecule has 0 aromatic heterocycles. The van der Waals surface area contributed by atoms with E-state index in [0.717, 1.165) is 19.8 Å². The molecule has 2 atom stereocenters. The molecule has 2 unspecified atom stereocenters. The molecule has 86 valence electrons. The van der Waals surface area contributed by atoms with Gasteiger partial charge in [-0.1, -0.05) is 0 Å². The second kappa shape index (κ2) is 3.72. The third-order valence-corrected chi connectivity index (χ3v) is 4.12. The fourth-order valence-electron chi connectivity index (χ4n) is 2.95. The van der Waals surface area contributed by atoms with Gasteiger partial charge in [-0.05, 0) is 26.2 Å². The first-order valence-corrected chi connectivity index (χ1v) is 6.25. The van der Waals surface area contributed by atoms with Crippen molar-refractivity contribution < 1.29 is 9.47 Å². The number of fused-ring (bicyclic) bond motifs is 2. The fourth-order valence-corrected chi connectivity index (χ4v) is 2.95. The second-order valence-electron chi connectivity index (χ2n) is 5.41. The number of hydrogen-bond acceptors (Lipinski definition) is 3. The predicted octanol–water partition coefficient (Wildman–Crippen LogP) is 1.28. The highest BCUT2D eigenvalue weighted by Crippen LogP contribution is 2.48. The summed E-state index contributed by atoms with van der Waals surface area (Å²) in [4.78, 5) is 2.64. The minimum absolute atomic E-state index is 0.514. The van der Waals surface area contributed by atoms with Gasteiger partial charge in [-0.15, -0.1) is 0 Å². The van der Waals surface area contributed by atoms with Crippen LogP contribution in [0.2, 0.25) is 0 Å². The molecule has 2 heterocycles. The summed E-state index contributed by atoms with van der Waals surface area (Å²) in [7, 11) is 0. The van der Waals surface area contributed by atoms with E-state index in [1.807, 2.05) is 0 Å². The minimum Gasteiger partial charge on any atom is -0.381 e. The highest BCUT2D eigenvalue weighted by Gasteiger charge is 2.48. The maximum atomic E-state index is 5.63. The summed E-state index contributed by atoms with van der Waals surface area (Å²) in [5.41, 5.74) is 0.514. The van der Waals surface area contributed by atoms with Gasteiger partial charge in [-0.25, -0.2) is 0 Å². The molecule has 2 saturated heterocycles. The molecule has 0 spiro atoms. The van der Waals surface area contributed by atoms with E-state index in [-0.39, 0.29) is 0 Å². The molecule has 3 aliphatic rings. The summed E-state index contributed by atoms with van der Waals surface area (Å²) in [5.74, 6) is 0. The zero-order valence-electron chi connectivity index (χ0n) is 9.58. The molecule has 1 aliphatic carbocycles. The van der Waals surface area contributed by atoms with Crippen LogP contribution in [0, 0.1) is 5.41 Å². The highest BCUT2D eigenvalue weighted by atomic mass is 16.5. The molecule has 3 fully saturated rings. The molecule has 0 aromatic rings. The van der Waals surface area contributed by atoms with Gasteiger partial charge < -0.3 is 9.47 Å². The van der Waals surface area contributed by atoms with Crippen LogP contribution in [0.3, 0.4) is 0 Å². The molecule has 2 aliphatic heterocycles. The summed E-state index contributed by atoms with van der Waals surface area (Å²) in [6.45, 7) is 7.29. The average molecular weight is 211 g/mol. The first kappa shape index (κ1) is 10.1. The molecule has 15 heavy (non-hydrogen) atoms. The summed E-state index contributed by atoms with van der Waals surface area (Å²) >= 11 is 0. The van der Waals surface area contributed by atoms with Crippen LogP contribution in [0.5, 0.6) is 0 Å². The first-order valence-electron chi connectivity index (χ1n) is 6.25. The normalized spacial score (nSPS) is 37.4. The zero-order valence-corrected chi connectivity index (χ0v) is 9.58. The number of likely N-dealkylation sites (tertiary alicyclic amines) is 1. The molecule has 3 rings (SSSR count). The lowest BCUT2D eigenvalue weighted by atomic mass is 10.1. The summed E-state index contributed by atoms with van der Waals surface area (Å²) in [5, 5.41) is 0. The Kier molecular flexibility index (Phi) is 2.49. The standard InChI is InChI=1S/C12H21NO2/c1-2-14-9-12(3-4-12)8-13-6-11-5-10(13)7-15-11/h10-11H,2-9H2,1H3. The maximum Gasteiger partial charge on any atom is 0.0718 e. The van der Waals surface area contributed by atoms with Crippen LogP contribution in [-0.4, -0.2) is 50.0 Å². The molecule has 2 bridgehead atoms.